The molecule has 0 amide bonds. The molecule has 0 fully saturated rings. The second kappa shape index (κ2) is 5.83. The van der Waals surface area contributed by atoms with Crippen molar-refractivity contribution < 1.29 is 0 Å². The fourth-order valence-electron chi connectivity index (χ4n) is 2.03. The maximum absolute atomic E-state index is 6.00. The average Bonchev–Trinajstić information content (AvgIpc) is 2.89. The third-order valence-electron chi connectivity index (χ3n) is 2.98. The van der Waals surface area contributed by atoms with Gasteiger partial charge in [0.15, 0.2) is 5.82 Å². The van der Waals surface area contributed by atoms with E-state index in [2.05, 4.69) is 31.5 Å². The molecule has 0 unspecified atom stereocenters. The number of benzene rings is 2. The van der Waals surface area contributed by atoms with Gasteiger partial charge in [0.2, 0.25) is 0 Å². The number of nitrogens with zero attached hydrogens (tertiary/aromatic N) is 4. The van der Waals surface area contributed by atoms with E-state index in [0.717, 1.165) is 15.6 Å². The van der Waals surface area contributed by atoms with Gasteiger partial charge in [-0.05, 0) is 46.3 Å². The molecule has 0 saturated carbocycles. The minimum Gasteiger partial charge on any atom is -0.399 e. The first kappa shape index (κ1) is 14.0. The molecule has 21 heavy (non-hydrogen) atoms. The SMILES string of the molecule is Nc1ccc(Br)c(-c2nnnn2Cc2cccc(Cl)c2)c1. The van der Waals surface area contributed by atoms with Crippen molar-refractivity contribution in [3.05, 3.63) is 57.5 Å². The fourth-order valence-corrected chi connectivity index (χ4v) is 2.66. The van der Waals surface area contributed by atoms with Crippen molar-refractivity contribution in [1.82, 2.24) is 20.2 Å². The van der Waals surface area contributed by atoms with Gasteiger partial charge in [0.1, 0.15) is 0 Å². The minimum atomic E-state index is 0.532. The molecular weight excluding hydrogens is 354 g/mol. The summed E-state index contributed by atoms with van der Waals surface area (Å²) < 4.78 is 2.60. The summed E-state index contributed by atoms with van der Waals surface area (Å²) in [6, 6.07) is 13.1. The third-order valence-corrected chi connectivity index (χ3v) is 3.91. The van der Waals surface area contributed by atoms with Gasteiger partial charge in [-0.3, -0.25) is 0 Å². The summed E-state index contributed by atoms with van der Waals surface area (Å²) in [7, 11) is 0. The normalized spacial score (nSPS) is 10.8. The van der Waals surface area contributed by atoms with E-state index >= 15 is 0 Å². The number of nitrogens with two attached hydrogens (primary N) is 1. The summed E-state index contributed by atoms with van der Waals surface area (Å²) >= 11 is 9.50. The first-order valence-electron chi connectivity index (χ1n) is 6.19. The van der Waals surface area contributed by atoms with Crippen LogP contribution in [0.3, 0.4) is 0 Å². The molecule has 0 bridgehead atoms. The molecule has 0 saturated heterocycles. The molecule has 0 aliphatic carbocycles. The van der Waals surface area contributed by atoms with Crippen LogP contribution in [0.4, 0.5) is 5.69 Å². The highest BCUT2D eigenvalue weighted by Crippen LogP contribution is 2.28. The molecule has 0 aliphatic rings. The average molecular weight is 365 g/mol. The number of nitrogen functional groups attached to an aromatic ring is 1. The zero-order valence-electron chi connectivity index (χ0n) is 10.9. The van der Waals surface area contributed by atoms with Crippen molar-refractivity contribution in [1.29, 1.82) is 0 Å². The van der Waals surface area contributed by atoms with E-state index in [4.69, 9.17) is 17.3 Å². The van der Waals surface area contributed by atoms with Crippen LogP contribution < -0.4 is 5.73 Å². The van der Waals surface area contributed by atoms with E-state index in [-0.39, 0.29) is 0 Å². The van der Waals surface area contributed by atoms with Crippen LogP contribution in [0.15, 0.2) is 46.9 Å². The molecule has 3 rings (SSSR count). The van der Waals surface area contributed by atoms with Crippen molar-refractivity contribution in [2.75, 3.05) is 5.73 Å². The molecule has 2 N–H and O–H groups in total. The zero-order chi connectivity index (χ0) is 14.8. The predicted octanol–water partition coefficient (Wildman–Crippen LogP) is 3.39. The zero-order valence-corrected chi connectivity index (χ0v) is 13.2. The van der Waals surface area contributed by atoms with Crippen molar-refractivity contribution in [2.24, 2.45) is 0 Å². The molecular formula is C14H11BrClN5. The van der Waals surface area contributed by atoms with E-state index in [1.165, 1.54) is 0 Å². The second-order valence-corrected chi connectivity index (χ2v) is 5.82. The molecule has 2 aromatic carbocycles. The fraction of sp³-hybridized carbons (Fsp3) is 0.0714. The lowest BCUT2D eigenvalue weighted by Crippen LogP contribution is -2.05. The molecule has 7 heteroatoms. The molecule has 0 spiro atoms. The highest BCUT2D eigenvalue weighted by molar-refractivity contribution is 9.10. The lowest BCUT2D eigenvalue weighted by atomic mass is 10.2. The molecule has 3 aromatic rings. The number of halogens is 2. The van der Waals surface area contributed by atoms with E-state index in [0.29, 0.717) is 23.1 Å². The Morgan fingerprint density at radius 1 is 1.19 bits per heavy atom. The van der Waals surface area contributed by atoms with E-state index in [9.17, 15) is 0 Å². The highest BCUT2D eigenvalue weighted by atomic mass is 79.9. The molecule has 5 nitrogen and oxygen atoms in total. The molecule has 0 atom stereocenters. The quantitative estimate of drug-likeness (QED) is 0.723. The number of aromatic nitrogens is 4. The smallest absolute Gasteiger partial charge is 0.183 e. The maximum Gasteiger partial charge on any atom is 0.183 e. The van der Waals surface area contributed by atoms with E-state index in [1.54, 1.807) is 4.68 Å². The highest BCUT2D eigenvalue weighted by Gasteiger charge is 2.13. The van der Waals surface area contributed by atoms with E-state index < -0.39 is 0 Å². The number of rotatable bonds is 3. The lowest BCUT2D eigenvalue weighted by Gasteiger charge is -2.07. The number of hydrogen-bond acceptors (Lipinski definition) is 4. The van der Waals surface area contributed by atoms with Gasteiger partial charge >= 0.3 is 0 Å². The van der Waals surface area contributed by atoms with Crippen LogP contribution in [0, 0.1) is 0 Å². The minimum absolute atomic E-state index is 0.532. The van der Waals surface area contributed by atoms with Crippen LogP contribution >= 0.6 is 27.5 Å². The molecule has 0 aliphatic heterocycles. The van der Waals surface area contributed by atoms with Gasteiger partial charge in [-0.15, -0.1) is 5.10 Å². The summed E-state index contributed by atoms with van der Waals surface area (Å²) in [4.78, 5) is 0. The van der Waals surface area contributed by atoms with Gasteiger partial charge in [-0.25, -0.2) is 4.68 Å². The van der Waals surface area contributed by atoms with Gasteiger partial charge < -0.3 is 5.73 Å². The van der Waals surface area contributed by atoms with Crippen LogP contribution in [0.5, 0.6) is 0 Å². The van der Waals surface area contributed by atoms with Crippen LogP contribution in [0.1, 0.15) is 5.56 Å². The monoisotopic (exact) mass is 363 g/mol. The Morgan fingerprint density at radius 2 is 2.05 bits per heavy atom. The summed E-state index contributed by atoms with van der Waals surface area (Å²) in [6.07, 6.45) is 0. The lowest BCUT2D eigenvalue weighted by molar-refractivity contribution is 0.653. The molecule has 106 valence electrons. The van der Waals surface area contributed by atoms with Crippen molar-refractivity contribution in [3.8, 4) is 11.4 Å². The third kappa shape index (κ3) is 3.06. The van der Waals surface area contributed by atoms with Crippen molar-refractivity contribution in [3.63, 3.8) is 0 Å². The maximum atomic E-state index is 6.00. The van der Waals surface area contributed by atoms with E-state index in [1.807, 2.05) is 42.5 Å². The topological polar surface area (TPSA) is 69.6 Å². The second-order valence-electron chi connectivity index (χ2n) is 4.53. The summed E-state index contributed by atoms with van der Waals surface area (Å²) in [6.45, 7) is 0.532. The van der Waals surface area contributed by atoms with Gasteiger partial charge in [-0.1, -0.05) is 39.7 Å². The Kier molecular flexibility index (Phi) is 3.90. The summed E-state index contributed by atoms with van der Waals surface area (Å²) in [5.41, 5.74) is 8.37. The first-order chi connectivity index (χ1) is 10.1. The van der Waals surface area contributed by atoms with Gasteiger partial charge in [-0.2, -0.15) is 0 Å². The van der Waals surface area contributed by atoms with Gasteiger partial charge in [0.25, 0.3) is 0 Å². The molecule has 1 heterocycles. The first-order valence-corrected chi connectivity index (χ1v) is 7.36. The van der Waals surface area contributed by atoms with Crippen LogP contribution in [0.25, 0.3) is 11.4 Å². The number of hydrogen-bond donors (Lipinski definition) is 1. The Balaban J connectivity index is 1.99. The Hall–Kier alpha value is -1.92. The number of tetrazole rings is 1. The Labute approximate surface area is 134 Å². The van der Waals surface area contributed by atoms with Gasteiger partial charge in [0, 0.05) is 20.7 Å². The Morgan fingerprint density at radius 3 is 2.86 bits per heavy atom. The summed E-state index contributed by atoms with van der Waals surface area (Å²) in [5.74, 6) is 0.647. The van der Waals surface area contributed by atoms with Crippen LogP contribution in [-0.4, -0.2) is 20.2 Å². The standard InChI is InChI=1S/C14H11BrClN5/c15-13-5-4-11(17)7-12(13)14-18-19-20-21(14)8-9-2-1-3-10(16)6-9/h1-7H,8,17H2. The summed E-state index contributed by atoms with van der Waals surface area (Å²) in [5, 5.41) is 12.6. The van der Waals surface area contributed by atoms with Crippen molar-refractivity contribution >= 4 is 33.2 Å². The van der Waals surface area contributed by atoms with Gasteiger partial charge in [0.05, 0.1) is 6.54 Å². The Bertz CT molecular complexity index is 787. The molecule has 0 radical (unpaired) electrons. The predicted molar refractivity (Wildman–Crippen MR) is 85.9 cm³/mol. The molecule has 1 aromatic heterocycles. The van der Waals surface area contributed by atoms with Crippen molar-refractivity contribution in [2.45, 2.75) is 6.54 Å². The van der Waals surface area contributed by atoms with Crippen LogP contribution in [-0.2, 0) is 6.54 Å². The number of anilines is 1. The largest absolute Gasteiger partial charge is 0.399 e. The van der Waals surface area contributed by atoms with Crippen LogP contribution in [0.2, 0.25) is 5.02 Å².